The van der Waals surface area contributed by atoms with E-state index in [1.54, 1.807) is 11.3 Å². The molecule has 2 aromatic heterocycles. The van der Waals surface area contributed by atoms with E-state index in [2.05, 4.69) is 22.5 Å². The van der Waals surface area contributed by atoms with Crippen molar-refractivity contribution < 1.29 is 5.11 Å². The summed E-state index contributed by atoms with van der Waals surface area (Å²) in [6.07, 6.45) is 7.53. The Morgan fingerprint density at radius 1 is 1.62 bits per heavy atom. The van der Waals surface area contributed by atoms with Gasteiger partial charge in [0.05, 0.1) is 5.69 Å². The van der Waals surface area contributed by atoms with Gasteiger partial charge >= 0.3 is 0 Å². The van der Waals surface area contributed by atoms with Gasteiger partial charge in [-0.05, 0) is 30.6 Å². The molecule has 1 fully saturated rings. The molecule has 16 heavy (non-hydrogen) atoms. The van der Waals surface area contributed by atoms with Crippen LogP contribution in [0.15, 0.2) is 17.8 Å². The Morgan fingerprint density at radius 3 is 3.06 bits per heavy atom. The maximum absolute atomic E-state index is 9.55. The average Bonchev–Trinajstić information content (AvgIpc) is 2.93. The zero-order chi connectivity index (χ0) is 11.2. The molecule has 4 heteroatoms. The van der Waals surface area contributed by atoms with Gasteiger partial charge < -0.3 is 5.11 Å². The maximum atomic E-state index is 9.55. The lowest BCUT2D eigenvalue weighted by atomic mass is 9.81. The van der Waals surface area contributed by atoms with Crippen LogP contribution >= 0.6 is 11.3 Å². The first kappa shape index (κ1) is 10.3. The second-order valence-electron chi connectivity index (χ2n) is 5.09. The Bertz CT molecular complexity index is 471. The molecule has 1 unspecified atom stereocenters. The number of hydrogen-bond donors (Lipinski definition) is 1. The summed E-state index contributed by atoms with van der Waals surface area (Å²) in [7, 11) is 0. The van der Waals surface area contributed by atoms with E-state index in [-0.39, 0.29) is 12.0 Å². The van der Waals surface area contributed by atoms with Gasteiger partial charge in [-0.2, -0.15) is 0 Å². The third kappa shape index (κ3) is 1.66. The quantitative estimate of drug-likeness (QED) is 0.884. The minimum Gasteiger partial charge on any atom is -0.396 e. The number of imidazole rings is 1. The first-order valence-corrected chi connectivity index (χ1v) is 6.61. The van der Waals surface area contributed by atoms with Gasteiger partial charge in [-0.1, -0.05) is 6.92 Å². The molecule has 0 saturated heterocycles. The predicted octanol–water partition coefficient (Wildman–Crippen LogP) is 2.35. The van der Waals surface area contributed by atoms with E-state index in [1.807, 2.05) is 11.6 Å². The van der Waals surface area contributed by atoms with Gasteiger partial charge in [0.15, 0.2) is 4.96 Å². The maximum Gasteiger partial charge on any atom is 0.193 e. The molecule has 1 aliphatic carbocycles. The molecule has 2 heterocycles. The Morgan fingerprint density at radius 2 is 2.44 bits per heavy atom. The van der Waals surface area contributed by atoms with Crippen molar-refractivity contribution in [1.29, 1.82) is 0 Å². The normalized spacial score (nSPS) is 20.1. The lowest BCUT2D eigenvalue weighted by molar-refractivity contribution is 0.119. The number of aromatic nitrogens is 2. The van der Waals surface area contributed by atoms with Crippen LogP contribution in [0.1, 0.15) is 25.5 Å². The van der Waals surface area contributed by atoms with Gasteiger partial charge in [0.25, 0.3) is 0 Å². The minimum absolute atomic E-state index is 0.0318. The van der Waals surface area contributed by atoms with Crippen LogP contribution < -0.4 is 0 Å². The molecule has 0 aliphatic heterocycles. The molecule has 1 N–H and O–H groups in total. The number of rotatable bonds is 4. The van der Waals surface area contributed by atoms with Gasteiger partial charge in [0.1, 0.15) is 0 Å². The van der Waals surface area contributed by atoms with E-state index in [0.717, 1.165) is 17.1 Å². The third-order valence-corrected chi connectivity index (χ3v) is 4.42. The third-order valence-electron chi connectivity index (χ3n) is 3.65. The van der Waals surface area contributed by atoms with Crippen LogP contribution in [0.3, 0.4) is 0 Å². The van der Waals surface area contributed by atoms with Crippen LogP contribution in [-0.4, -0.2) is 21.1 Å². The Balaban J connectivity index is 1.85. The summed E-state index contributed by atoms with van der Waals surface area (Å²) in [5.74, 6) is 0.692. The van der Waals surface area contributed by atoms with Gasteiger partial charge in [-0.25, -0.2) is 4.98 Å². The van der Waals surface area contributed by atoms with Crippen molar-refractivity contribution in [3.63, 3.8) is 0 Å². The highest BCUT2D eigenvalue weighted by Crippen LogP contribution is 2.46. The topological polar surface area (TPSA) is 37.5 Å². The lowest BCUT2D eigenvalue weighted by Gasteiger charge is -2.26. The molecule has 3 nitrogen and oxygen atoms in total. The molecule has 0 spiro atoms. The lowest BCUT2D eigenvalue weighted by Crippen LogP contribution is -2.27. The van der Waals surface area contributed by atoms with Crippen LogP contribution in [0.2, 0.25) is 0 Å². The van der Waals surface area contributed by atoms with Crippen molar-refractivity contribution in [3.8, 4) is 0 Å². The van der Waals surface area contributed by atoms with Crippen LogP contribution in [-0.2, 0) is 6.42 Å². The first-order chi connectivity index (χ1) is 7.71. The molecule has 1 saturated carbocycles. The summed E-state index contributed by atoms with van der Waals surface area (Å²) in [4.78, 5) is 5.63. The van der Waals surface area contributed by atoms with Gasteiger partial charge in [0.2, 0.25) is 0 Å². The molecule has 0 radical (unpaired) electrons. The molecule has 2 aromatic rings. The Hall–Kier alpha value is -0.870. The predicted molar refractivity (Wildman–Crippen MR) is 64.7 cm³/mol. The van der Waals surface area contributed by atoms with Crippen molar-refractivity contribution in [2.24, 2.45) is 11.3 Å². The molecule has 3 rings (SSSR count). The monoisotopic (exact) mass is 236 g/mol. The fourth-order valence-electron chi connectivity index (χ4n) is 2.38. The number of aliphatic hydroxyl groups excluding tert-OH is 1. The standard InChI is InChI=1S/C12H16N2OS/c1-12(8-15,9-2-3-9)6-10-7-14-4-5-16-11(14)13-10/h4-5,7,9,15H,2-3,6,8H2,1H3. The van der Waals surface area contributed by atoms with Crippen LogP contribution in [0, 0.1) is 11.3 Å². The van der Waals surface area contributed by atoms with E-state index >= 15 is 0 Å². The number of thiazole rings is 1. The molecular formula is C12H16N2OS. The highest BCUT2D eigenvalue weighted by molar-refractivity contribution is 7.15. The zero-order valence-corrected chi connectivity index (χ0v) is 10.2. The minimum atomic E-state index is 0.0318. The van der Waals surface area contributed by atoms with Crippen molar-refractivity contribution in [1.82, 2.24) is 9.38 Å². The van der Waals surface area contributed by atoms with Crippen molar-refractivity contribution in [2.45, 2.75) is 26.2 Å². The van der Waals surface area contributed by atoms with Crippen LogP contribution in [0.5, 0.6) is 0 Å². The Kier molecular flexibility index (Phi) is 2.30. The zero-order valence-electron chi connectivity index (χ0n) is 9.39. The van der Waals surface area contributed by atoms with E-state index in [4.69, 9.17) is 0 Å². The fraction of sp³-hybridized carbons (Fsp3) is 0.583. The molecule has 1 atom stereocenters. The molecule has 0 amide bonds. The van der Waals surface area contributed by atoms with Gasteiger partial charge in [-0.15, -0.1) is 11.3 Å². The van der Waals surface area contributed by atoms with E-state index in [9.17, 15) is 5.11 Å². The smallest absolute Gasteiger partial charge is 0.193 e. The molecular weight excluding hydrogens is 220 g/mol. The van der Waals surface area contributed by atoms with Crippen LogP contribution in [0.25, 0.3) is 4.96 Å². The molecule has 0 aromatic carbocycles. The summed E-state index contributed by atoms with van der Waals surface area (Å²) in [5.41, 5.74) is 1.14. The first-order valence-electron chi connectivity index (χ1n) is 5.73. The highest BCUT2D eigenvalue weighted by Gasteiger charge is 2.41. The summed E-state index contributed by atoms with van der Waals surface area (Å²) in [5, 5.41) is 11.6. The van der Waals surface area contributed by atoms with E-state index in [0.29, 0.717) is 5.92 Å². The average molecular weight is 236 g/mol. The second kappa shape index (κ2) is 3.57. The number of fused-ring (bicyclic) bond motifs is 1. The summed E-state index contributed by atoms with van der Waals surface area (Å²) in [6.45, 7) is 2.45. The fourth-order valence-corrected chi connectivity index (χ4v) is 3.10. The SMILES string of the molecule is CC(CO)(Cc1cn2ccsc2n1)C1CC1. The number of hydrogen-bond acceptors (Lipinski definition) is 3. The highest BCUT2D eigenvalue weighted by atomic mass is 32.1. The van der Waals surface area contributed by atoms with Crippen LogP contribution in [0.4, 0.5) is 0 Å². The molecule has 86 valence electrons. The summed E-state index contributed by atoms with van der Waals surface area (Å²) < 4.78 is 2.06. The molecule has 1 aliphatic rings. The van der Waals surface area contributed by atoms with E-state index < -0.39 is 0 Å². The summed E-state index contributed by atoms with van der Waals surface area (Å²) >= 11 is 1.66. The van der Waals surface area contributed by atoms with Crippen molar-refractivity contribution >= 4 is 16.3 Å². The van der Waals surface area contributed by atoms with Gasteiger partial charge in [-0.3, -0.25) is 4.40 Å². The van der Waals surface area contributed by atoms with Gasteiger partial charge in [0, 0.05) is 24.4 Å². The number of aliphatic hydroxyl groups is 1. The number of nitrogens with zero attached hydrogens (tertiary/aromatic N) is 2. The Labute approximate surface area is 98.8 Å². The van der Waals surface area contributed by atoms with Crippen molar-refractivity contribution in [2.75, 3.05) is 6.61 Å². The second-order valence-corrected chi connectivity index (χ2v) is 5.96. The summed E-state index contributed by atoms with van der Waals surface area (Å²) in [6, 6.07) is 0. The molecule has 0 bridgehead atoms. The largest absolute Gasteiger partial charge is 0.396 e. The van der Waals surface area contributed by atoms with Crippen molar-refractivity contribution in [3.05, 3.63) is 23.5 Å². The van der Waals surface area contributed by atoms with E-state index in [1.165, 1.54) is 12.8 Å².